The summed E-state index contributed by atoms with van der Waals surface area (Å²) in [6.07, 6.45) is 6.69. The number of carbonyl (C=O) groups is 1. The van der Waals surface area contributed by atoms with Gasteiger partial charge in [-0.1, -0.05) is 19.9 Å². The first-order valence-corrected chi connectivity index (χ1v) is 8.43. The van der Waals surface area contributed by atoms with E-state index in [4.69, 9.17) is 0 Å². The number of carboxylic acid groups (broad SMARTS) is 1. The molecule has 1 aliphatic heterocycles. The van der Waals surface area contributed by atoms with Crippen molar-refractivity contribution < 1.29 is 9.90 Å². The van der Waals surface area contributed by atoms with Gasteiger partial charge in [0.2, 0.25) is 0 Å². The molecule has 7 heteroatoms. The molecule has 132 valence electrons. The first kappa shape index (κ1) is 16.3. The molecule has 0 bridgehead atoms. The normalized spacial score (nSPS) is 15.6. The van der Waals surface area contributed by atoms with E-state index in [9.17, 15) is 14.7 Å². The first-order chi connectivity index (χ1) is 12.5. The maximum Gasteiger partial charge on any atom is 0.341 e. The van der Waals surface area contributed by atoms with Crippen LogP contribution in [-0.2, 0) is 6.54 Å². The topological polar surface area (TPSA) is 90.0 Å². The van der Waals surface area contributed by atoms with Gasteiger partial charge >= 0.3 is 5.97 Å². The van der Waals surface area contributed by atoms with Gasteiger partial charge in [-0.25, -0.2) is 4.79 Å². The molecule has 1 aliphatic rings. The van der Waals surface area contributed by atoms with Gasteiger partial charge in [0.05, 0.1) is 30.2 Å². The van der Waals surface area contributed by atoms with Gasteiger partial charge in [-0.05, 0) is 12.0 Å². The summed E-state index contributed by atoms with van der Waals surface area (Å²) in [4.78, 5) is 27.9. The molecular weight excluding hydrogens is 332 g/mol. The second kappa shape index (κ2) is 5.94. The second-order valence-corrected chi connectivity index (χ2v) is 6.79. The monoisotopic (exact) mass is 350 g/mol. The molecule has 1 N–H and O–H groups in total. The predicted molar refractivity (Wildman–Crippen MR) is 96.0 cm³/mol. The average Bonchev–Trinajstić information content (AvgIpc) is 3.05. The molecule has 0 fully saturated rings. The Morgan fingerprint density at radius 3 is 2.81 bits per heavy atom. The fraction of sp³-hybridized carbons (Fsp3) is 0.263. The van der Waals surface area contributed by atoms with E-state index in [0.717, 1.165) is 16.8 Å². The molecule has 0 aromatic carbocycles. The number of nitrogens with zero attached hydrogens (tertiary/aromatic N) is 4. The van der Waals surface area contributed by atoms with Crippen molar-refractivity contribution in [3.05, 3.63) is 58.8 Å². The maximum atomic E-state index is 12.4. The van der Waals surface area contributed by atoms with E-state index in [2.05, 4.69) is 23.9 Å². The summed E-state index contributed by atoms with van der Waals surface area (Å²) in [5, 5.41) is 13.8. The lowest BCUT2D eigenvalue weighted by atomic mass is 9.97. The molecule has 3 aromatic rings. The lowest BCUT2D eigenvalue weighted by Crippen LogP contribution is -2.31. The minimum absolute atomic E-state index is 0.0119. The standard InChI is InChI=1S/C19H18N4O3/c1-11(2)16-10-23-18(13(8-21-23)12-4-3-5-20-7-12)15-6-17(24)14(19(25)26)9-22(15)16/h3-9,11,16H,10H2,1-2H3,(H,25,26)/t16-/m0/s1. The van der Waals surface area contributed by atoms with Crippen molar-refractivity contribution in [2.24, 2.45) is 5.92 Å². The highest BCUT2D eigenvalue weighted by molar-refractivity contribution is 5.88. The van der Waals surface area contributed by atoms with E-state index >= 15 is 0 Å². The molecule has 0 unspecified atom stereocenters. The van der Waals surface area contributed by atoms with Crippen LogP contribution in [-0.4, -0.2) is 30.4 Å². The van der Waals surface area contributed by atoms with Crippen molar-refractivity contribution in [3.8, 4) is 22.5 Å². The Morgan fingerprint density at radius 1 is 1.35 bits per heavy atom. The van der Waals surface area contributed by atoms with Crippen LogP contribution >= 0.6 is 0 Å². The Bertz CT molecular complexity index is 1050. The molecule has 26 heavy (non-hydrogen) atoms. The highest BCUT2D eigenvalue weighted by Gasteiger charge is 2.30. The fourth-order valence-electron chi connectivity index (χ4n) is 3.50. The molecule has 4 heterocycles. The second-order valence-electron chi connectivity index (χ2n) is 6.79. The molecule has 0 amide bonds. The number of pyridine rings is 2. The number of carboxylic acids is 1. The Morgan fingerprint density at radius 2 is 2.15 bits per heavy atom. The summed E-state index contributed by atoms with van der Waals surface area (Å²) < 4.78 is 3.80. The third-order valence-corrected chi connectivity index (χ3v) is 4.85. The van der Waals surface area contributed by atoms with Gasteiger partial charge in [0.15, 0.2) is 5.43 Å². The van der Waals surface area contributed by atoms with Gasteiger partial charge < -0.3 is 9.67 Å². The van der Waals surface area contributed by atoms with E-state index in [1.807, 2.05) is 21.4 Å². The smallest absolute Gasteiger partial charge is 0.341 e. The minimum Gasteiger partial charge on any atom is -0.477 e. The molecule has 0 saturated heterocycles. The summed E-state index contributed by atoms with van der Waals surface area (Å²) in [6, 6.07) is 5.20. The van der Waals surface area contributed by atoms with Crippen LogP contribution in [0.15, 0.2) is 47.8 Å². The number of hydrogen-bond acceptors (Lipinski definition) is 4. The van der Waals surface area contributed by atoms with Gasteiger partial charge in [0.1, 0.15) is 5.56 Å². The highest BCUT2D eigenvalue weighted by Crippen LogP contribution is 2.38. The molecule has 0 spiro atoms. The van der Waals surface area contributed by atoms with E-state index in [1.165, 1.54) is 12.3 Å². The summed E-state index contributed by atoms with van der Waals surface area (Å²) >= 11 is 0. The maximum absolute atomic E-state index is 12.4. The quantitative estimate of drug-likeness (QED) is 0.784. The van der Waals surface area contributed by atoms with E-state index in [-0.39, 0.29) is 17.5 Å². The summed E-state index contributed by atoms with van der Waals surface area (Å²) in [5.41, 5.74) is 2.55. The van der Waals surface area contributed by atoms with Crippen LogP contribution in [0.3, 0.4) is 0 Å². The summed E-state index contributed by atoms with van der Waals surface area (Å²) in [7, 11) is 0. The third kappa shape index (κ3) is 2.44. The van der Waals surface area contributed by atoms with E-state index in [0.29, 0.717) is 12.2 Å². The van der Waals surface area contributed by atoms with Crippen LogP contribution in [0.4, 0.5) is 0 Å². The Hall–Kier alpha value is -3.22. The Balaban J connectivity index is 2.00. The molecule has 7 nitrogen and oxygen atoms in total. The van der Waals surface area contributed by atoms with Crippen LogP contribution in [0, 0.1) is 5.92 Å². The first-order valence-electron chi connectivity index (χ1n) is 8.43. The third-order valence-electron chi connectivity index (χ3n) is 4.85. The predicted octanol–water partition coefficient (Wildman–Crippen LogP) is 2.68. The van der Waals surface area contributed by atoms with E-state index < -0.39 is 11.4 Å². The van der Waals surface area contributed by atoms with Crippen LogP contribution in [0.2, 0.25) is 0 Å². The molecule has 3 aromatic heterocycles. The minimum atomic E-state index is -1.21. The zero-order valence-corrected chi connectivity index (χ0v) is 14.5. The van der Waals surface area contributed by atoms with Crippen LogP contribution in [0.1, 0.15) is 30.2 Å². The number of hydrogen-bond donors (Lipinski definition) is 1. The molecule has 4 rings (SSSR count). The van der Waals surface area contributed by atoms with Crippen molar-refractivity contribution in [1.29, 1.82) is 0 Å². The number of aromatic carboxylic acids is 1. The molecular formula is C19H18N4O3. The van der Waals surface area contributed by atoms with Gasteiger partial charge in [0.25, 0.3) is 0 Å². The summed E-state index contributed by atoms with van der Waals surface area (Å²) in [6.45, 7) is 4.76. The van der Waals surface area contributed by atoms with Gasteiger partial charge in [-0.2, -0.15) is 5.10 Å². The molecule has 0 aliphatic carbocycles. The number of rotatable bonds is 3. The lowest BCUT2D eigenvalue weighted by molar-refractivity contribution is 0.0694. The number of aromatic nitrogens is 4. The highest BCUT2D eigenvalue weighted by atomic mass is 16.4. The average molecular weight is 350 g/mol. The van der Waals surface area contributed by atoms with Crippen LogP contribution in [0.5, 0.6) is 0 Å². The number of fused-ring (bicyclic) bond motifs is 3. The van der Waals surface area contributed by atoms with Crippen molar-refractivity contribution in [3.63, 3.8) is 0 Å². The zero-order chi connectivity index (χ0) is 18.4. The Kier molecular flexibility index (Phi) is 3.72. The van der Waals surface area contributed by atoms with Gasteiger partial charge in [-0.3, -0.25) is 14.5 Å². The molecule has 0 radical (unpaired) electrons. The summed E-state index contributed by atoms with van der Waals surface area (Å²) in [5.74, 6) is -0.962. The van der Waals surface area contributed by atoms with Gasteiger partial charge in [-0.15, -0.1) is 0 Å². The Labute approximate surface area is 149 Å². The van der Waals surface area contributed by atoms with E-state index in [1.54, 1.807) is 18.6 Å². The largest absolute Gasteiger partial charge is 0.477 e. The molecule has 0 saturated carbocycles. The van der Waals surface area contributed by atoms with Crippen molar-refractivity contribution in [2.75, 3.05) is 0 Å². The van der Waals surface area contributed by atoms with Crippen molar-refractivity contribution >= 4 is 5.97 Å². The van der Waals surface area contributed by atoms with Crippen molar-refractivity contribution in [2.45, 2.75) is 26.4 Å². The fourth-order valence-corrected chi connectivity index (χ4v) is 3.50. The lowest BCUT2D eigenvalue weighted by Gasteiger charge is -2.32. The zero-order valence-electron chi connectivity index (χ0n) is 14.5. The van der Waals surface area contributed by atoms with Crippen LogP contribution < -0.4 is 5.43 Å². The van der Waals surface area contributed by atoms with Crippen molar-refractivity contribution in [1.82, 2.24) is 19.3 Å². The van der Waals surface area contributed by atoms with Gasteiger partial charge in [0, 0.05) is 35.8 Å². The molecule has 1 atom stereocenters. The SMILES string of the molecule is CC(C)[C@@H]1Cn2ncc(-c3cccnc3)c2-c2cc(=O)c(C(=O)O)cn21. The van der Waals surface area contributed by atoms with Crippen LogP contribution in [0.25, 0.3) is 22.5 Å².